The fraction of sp³-hybridized carbons (Fsp3) is 0.0526. The third-order valence-corrected chi connectivity index (χ3v) is 3.69. The molecule has 0 radical (unpaired) electrons. The van der Waals surface area contributed by atoms with Gasteiger partial charge in [-0.3, -0.25) is 9.78 Å². The van der Waals surface area contributed by atoms with Crippen molar-refractivity contribution in [3.8, 4) is 0 Å². The van der Waals surface area contributed by atoms with E-state index in [-0.39, 0.29) is 5.91 Å². The number of halogens is 1. The number of benzene rings is 2. The summed E-state index contributed by atoms with van der Waals surface area (Å²) in [5, 5.41) is 3.42. The molecule has 0 bridgehead atoms. The average molecular weight is 323 g/mol. The molecule has 0 unspecified atom stereocenters. The molecule has 23 heavy (non-hydrogen) atoms. The molecular weight excluding hydrogens is 308 g/mol. The van der Waals surface area contributed by atoms with Gasteiger partial charge >= 0.3 is 0 Å². The first-order valence-corrected chi connectivity index (χ1v) is 7.63. The standard InChI is InChI=1S/C19H15ClN2O/c20-17-3-1-2-16(13-17)19(23)22-18-6-4-14(5-7-18)12-15-8-10-21-11-9-15/h1-11,13H,12H2,(H,22,23). The predicted octanol–water partition coefficient (Wildman–Crippen LogP) is 4.58. The third-order valence-electron chi connectivity index (χ3n) is 3.46. The first kappa shape index (κ1) is 15.3. The largest absolute Gasteiger partial charge is 0.322 e. The zero-order valence-corrected chi connectivity index (χ0v) is 13.1. The molecule has 1 amide bonds. The lowest BCUT2D eigenvalue weighted by Crippen LogP contribution is -2.11. The highest BCUT2D eigenvalue weighted by Crippen LogP contribution is 2.16. The van der Waals surface area contributed by atoms with Crippen molar-refractivity contribution in [2.45, 2.75) is 6.42 Å². The molecule has 0 aliphatic carbocycles. The lowest BCUT2D eigenvalue weighted by Gasteiger charge is -2.07. The Hall–Kier alpha value is -2.65. The molecule has 1 heterocycles. The zero-order valence-electron chi connectivity index (χ0n) is 12.4. The summed E-state index contributed by atoms with van der Waals surface area (Å²) >= 11 is 5.91. The summed E-state index contributed by atoms with van der Waals surface area (Å²) in [5.74, 6) is -0.172. The van der Waals surface area contributed by atoms with Gasteiger partial charge in [-0.15, -0.1) is 0 Å². The van der Waals surface area contributed by atoms with E-state index in [9.17, 15) is 4.79 Å². The van der Waals surface area contributed by atoms with Gasteiger partial charge in [0.2, 0.25) is 0 Å². The van der Waals surface area contributed by atoms with E-state index >= 15 is 0 Å². The van der Waals surface area contributed by atoms with Crippen molar-refractivity contribution in [2.24, 2.45) is 0 Å². The van der Waals surface area contributed by atoms with Gasteiger partial charge in [0.25, 0.3) is 5.91 Å². The minimum Gasteiger partial charge on any atom is -0.322 e. The van der Waals surface area contributed by atoms with Crippen molar-refractivity contribution in [3.63, 3.8) is 0 Å². The number of nitrogens with zero attached hydrogens (tertiary/aromatic N) is 1. The SMILES string of the molecule is O=C(Nc1ccc(Cc2ccncc2)cc1)c1cccc(Cl)c1. The van der Waals surface area contributed by atoms with Crippen molar-refractivity contribution < 1.29 is 4.79 Å². The van der Waals surface area contributed by atoms with E-state index in [1.165, 1.54) is 11.1 Å². The molecule has 4 heteroatoms. The van der Waals surface area contributed by atoms with E-state index < -0.39 is 0 Å². The first-order chi connectivity index (χ1) is 11.2. The number of rotatable bonds is 4. The van der Waals surface area contributed by atoms with Gasteiger partial charge in [-0.1, -0.05) is 29.8 Å². The Morgan fingerprint density at radius 1 is 0.957 bits per heavy atom. The fourth-order valence-corrected chi connectivity index (χ4v) is 2.47. The maximum Gasteiger partial charge on any atom is 0.255 e. The van der Waals surface area contributed by atoms with Gasteiger partial charge in [-0.2, -0.15) is 0 Å². The number of carbonyl (C=O) groups is 1. The highest BCUT2D eigenvalue weighted by atomic mass is 35.5. The molecular formula is C19H15ClN2O. The Balaban J connectivity index is 1.67. The lowest BCUT2D eigenvalue weighted by molar-refractivity contribution is 0.102. The molecule has 3 nitrogen and oxygen atoms in total. The second-order valence-electron chi connectivity index (χ2n) is 5.19. The summed E-state index contributed by atoms with van der Waals surface area (Å²) in [5.41, 5.74) is 3.68. The molecule has 0 saturated carbocycles. The van der Waals surface area contributed by atoms with Gasteiger partial charge in [0.1, 0.15) is 0 Å². The van der Waals surface area contributed by atoms with Crippen LogP contribution in [-0.2, 0) is 6.42 Å². The summed E-state index contributed by atoms with van der Waals surface area (Å²) in [7, 11) is 0. The number of nitrogens with one attached hydrogen (secondary N) is 1. The van der Waals surface area contributed by atoms with Crippen LogP contribution in [0.1, 0.15) is 21.5 Å². The summed E-state index contributed by atoms with van der Waals surface area (Å²) in [6.07, 6.45) is 4.41. The minimum atomic E-state index is -0.172. The monoisotopic (exact) mass is 322 g/mol. The molecule has 0 fully saturated rings. The van der Waals surface area contributed by atoms with Crippen molar-refractivity contribution in [1.29, 1.82) is 0 Å². The molecule has 114 valence electrons. The van der Waals surface area contributed by atoms with E-state index in [2.05, 4.69) is 10.3 Å². The van der Waals surface area contributed by atoms with Gasteiger partial charge in [-0.05, 0) is 60.0 Å². The number of hydrogen-bond acceptors (Lipinski definition) is 2. The number of carbonyl (C=O) groups excluding carboxylic acids is 1. The lowest BCUT2D eigenvalue weighted by atomic mass is 10.1. The maximum atomic E-state index is 12.2. The van der Waals surface area contributed by atoms with Gasteiger partial charge in [0.05, 0.1) is 0 Å². The molecule has 0 aliphatic heterocycles. The molecule has 3 aromatic rings. The third kappa shape index (κ3) is 4.18. The summed E-state index contributed by atoms with van der Waals surface area (Å²) in [4.78, 5) is 16.2. The number of amides is 1. The van der Waals surface area contributed by atoms with Crippen LogP contribution in [0.25, 0.3) is 0 Å². The topological polar surface area (TPSA) is 42.0 Å². The van der Waals surface area contributed by atoms with Crippen LogP contribution in [-0.4, -0.2) is 10.9 Å². The second-order valence-corrected chi connectivity index (χ2v) is 5.63. The number of hydrogen-bond donors (Lipinski definition) is 1. The van der Waals surface area contributed by atoms with E-state index in [0.29, 0.717) is 10.6 Å². The zero-order chi connectivity index (χ0) is 16.1. The van der Waals surface area contributed by atoms with Crippen molar-refractivity contribution in [2.75, 3.05) is 5.32 Å². The highest BCUT2D eigenvalue weighted by Gasteiger charge is 2.06. The first-order valence-electron chi connectivity index (χ1n) is 7.25. The molecule has 0 aliphatic rings. The Bertz CT molecular complexity index is 801. The van der Waals surface area contributed by atoms with E-state index in [0.717, 1.165) is 12.1 Å². The van der Waals surface area contributed by atoms with Gasteiger partial charge < -0.3 is 5.32 Å². The van der Waals surface area contributed by atoms with Crippen molar-refractivity contribution >= 4 is 23.2 Å². The molecule has 0 saturated heterocycles. The molecule has 1 aromatic heterocycles. The van der Waals surface area contributed by atoms with Crippen molar-refractivity contribution in [1.82, 2.24) is 4.98 Å². The van der Waals surface area contributed by atoms with Crippen LogP contribution in [0.5, 0.6) is 0 Å². The molecule has 1 N–H and O–H groups in total. The van der Waals surface area contributed by atoms with Crippen LogP contribution in [0, 0.1) is 0 Å². The molecule has 2 aromatic carbocycles. The van der Waals surface area contributed by atoms with Crippen LogP contribution in [0.3, 0.4) is 0 Å². The number of aromatic nitrogens is 1. The summed E-state index contributed by atoms with van der Waals surface area (Å²) in [6, 6.07) is 18.7. The number of anilines is 1. The Morgan fingerprint density at radius 2 is 1.65 bits per heavy atom. The Morgan fingerprint density at radius 3 is 2.35 bits per heavy atom. The van der Waals surface area contributed by atoms with E-state index in [1.54, 1.807) is 36.7 Å². The van der Waals surface area contributed by atoms with Crippen LogP contribution in [0.15, 0.2) is 73.1 Å². The summed E-state index contributed by atoms with van der Waals surface area (Å²) in [6.45, 7) is 0. The van der Waals surface area contributed by atoms with Crippen LogP contribution < -0.4 is 5.32 Å². The molecule has 0 atom stereocenters. The van der Waals surface area contributed by atoms with Gasteiger partial charge in [0, 0.05) is 28.7 Å². The predicted molar refractivity (Wildman–Crippen MR) is 92.9 cm³/mol. The van der Waals surface area contributed by atoms with Crippen LogP contribution >= 0.6 is 11.6 Å². The van der Waals surface area contributed by atoms with Gasteiger partial charge in [-0.25, -0.2) is 0 Å². The normalized spacial score (nSPS) is 10.3. The average Bonchev–Trinajstić information content (AvgIpc) is 2.57. The van der Waals surface area contributed by atoms with E-state index in [1.807, 2.05) is 36.4 Å². The Kier molecular flexibility index (Phi) is 4.69. The van der Waals surface area contributed by atoms with Crippen LogP contribution in [0.2, 0.25) is 5.02 Å². The van der Waals surface area contributed by atoms with Gasteiger partial charge in [0.15, 0.2) is 0 Å². The van der Waals surface area contributed by atoms with E-state index in [4.69, 9.17) is 11.6 Å². The minimum absolute atomic E-state index is 0.172. The Labute approximate surface area is 140 Å². The van der Waals surface area contributed by atoms with Crippen LogP contribution in [0.4, 0.5) is 5.69 Å². The second kappa shape index (κ2) is 7.07. The molecule has 0 spiro atoms. The molecule has 3 rings (SSSR count). The number of pyridine rings is 1. The smallest absolute Gasteiger partial charge is 0.255 e. The van der Waals surface area contributed by atoms with Crippen molar-refractivity contribution in [3.05, 3.63) is 94.8 Å². The summed E-state index contributed by atoms with van der Waals surface area (Å²) < 4.78 is 0. The maximum absolute atomic E-state index is 12.2. The fourth-order valence-electron chi connectivity index (χ4n) is 2.28. The highest BCUT2D eigenvalue weighted by molar-refractivity contribution is 6.31. The quantitative estimate of drug-likeness (QED) is 0.764.